The van der Waals surface area contributed by atoms with E-state index < -0.39 is 17.9 Å². The van der Waals surface area contributed by atoms with Gasteiger partial charge >= 0.3 is 6.03 Å². The number of anilines is 1. The molecule has 2 aliphatic heterocycles. The molecule has 4 rings (SSSR count). The Kier molecular flexibility index (Phi) is 6.42. The van der Waals surface area contributed by atoms with Crippen molar-refractivity contribution in [2.24, 2.45) is 5.41 Å². The number of piperidine rings is 1. The monoisotopic (exact) mass is 452 g/mol. The van der Waals surface area contributed by atoms with Gasteiger partial charge in [-0.2, -0.15) is 0 Å². The summed E-state index contributed by atoms with van der Waals surface area (Å²) < 4.78 is 13.3. The third kappa shape index (κ3) is 4.81. The van der Waals surface area contributed by atoms with Crippen molar-refractivity contribution in [1.29, 1.82) is 0 Å². The van der Waals surface area contributed by atoms with E-state index in [4.69, 9.17) is 11.6 Å². The molecule has 0 aromatic heterocycles. The molecule has 2 N–H and O–H groups in total. The number of hydrogen-bond donors (Lipinski definition) is 2. The number of piperazine rings is 1. The lowest BCUT2D eigenvalue weighted by atomic mass is 9.90. The Morgan fingerprint density at radius 2 is 2.03 bits per heavy atom. The van der Waals surface area contributed by atoms with Gasteiger partial charge in [-0.15, -0.1) is 0 Å². The highest BCUT2D eigenvalue weighted by Gasteiger charge is 2.51. The van der Waals surface area contributed by atoms with Crippen LogP contribution in [0.1, 0.15) is 32.6 Å². The van der Waals surface area contributed by atoms with Crippen molar-refractivity contribution in [3.63, 3.8) is 0 Å². The highest BCUT2D eigenvalue weighted by molar-refractivity contribution is 6.31. The number of nitrogens with zero attached hydrogens (tertiary/aromatic N) is 3. The minimum atomic E-state index is -0.573. The second-order valence-electron chi connectivity index (χ2n) is 9.04. The molecule has 9 heteroatoms. The van der Waals surface area contributed by atoms with Crippen LogP contribution in [0.25, 0.3) is 0 Å². The fraction of sp³-hybridized carbons (Fsp3) is 0.636. The number of nitrogens with one attached hydrogen (secondary N) is 1. The molecule has 3 aliphatic rings. The summed E-state index contributed by atoms with van der Waals surface area (Å²) in [7, 11) is 0. The van der Waals surface area contributed by atoms with E-state index in [9.17, 15) is 19.1 Å². The second-order valence-corrected chi connectivity index (χ2v) is 9.44. The summed E-state index contributed by atoms with van der Waals surface area (Å²) in [6, 6.07) is 3.00. The number of halogens is 2. The maximum Gasteiger partial charge on any atom is 0.322 e. The Labute approximate surface area is 187 Å². The molecule has 2 heterocycles. The average Bonchev–Trinajstić information content (AvgIpc) is 3.52. The van der Waals surface area contributed by atoms with Gasteiger partial charge in [0, 0.05) is 31.9 Å². The summed E-state index contributed by atoms with van der Waals surface area (Å²) in [4.78, 5) is 31.0. The van der Waals surface area contributed by atoms with Crippen LogP contribution in [0.5, 0.6) is 0 Å². The number of amides is 3. The zero-order valence-corrected chi connectivity index (χ0v) is 18.6. The van der Waals surface area contributed by atoms with Gasteiger partial charge in [0.15, 0.2) is 0 Å². The molecular weight excluding hydrogens is 423 g/mol. The Morgan fingerprint density at radius 3 is 2.71 bits per heavy atom. The van der Waals surface area contributed by atoms with Crippen molar-refractivity contribution in [2.45, 2.75) is 44.8 Å². The van der Waals surface area contributed by atoms with Crippen molar-refractivity contribution in [1.82, 2.24) is 14.7 Å². The SMILES string of the molecule is C[C@H]1C(=O)N(CCCN2CCC3(CC3)[C@H](O)C2)CCN1C(=O)Nc1ccc(F)c(Cl)c1. The van der Waals surface area contributed by atoms with Crippen molar-refractivity contribution < 1.29 is 19.1 Å². The first-order chi connectivity index (χ1) is 14.8. The molecule has 0 unspecified atom stereocenters. The van der Waals surface area contributed by atoms with Crippen LogP contribution >= 0.6 is 11.6 Å². The number of hydrogen-bond acceptors (Lipinski definition) is 4. The summed E-state index contributed by atoms with van der Waals surface area (Å²) in [5.41, 5.74) is 0.591. The number of aliphatic hydroxyl groups excluding tert-OH is 1. The van der Waals surface area contributed by atoms with Crippen LogP contribution in [0.15, 0.2) is 18.2 Å². The van der Waals surface area contributed by atoms with Gasteiger partial charge in [-0.05, 0) is 69.3 Å². The normalized spacial score (nSPS) is 25.7. The number of aliphatic hydroxyl groups is 1. The van der Waals surface area contributed by atoms with Gasteiger partial charge in [-0.25, -0.2) is 9.18 Å². The van der Waals surface area contributed by atoms with Crippen LogP contribution in [0.3, 0.4) is 0 Å². The van der Waals surface area contributed by atoms with Gasteiger partial charge in [0.1, 0.15) is 11.9 Å². The number of urea groups is 1. The summed E-state index contributed by atoms with van der Waals surface area (Å²) >= 11 is 5.77. The Hall–Kier alpha value is -1.90. The van der Waals surface area contributed by atoms with Crippen LogP contribution in [-0.2, 0) is 4.79 Å². The number of likely N-dealkylation sites (tertiary alicyclic amines) is 1. The van der Waals surface area contributed by atoms with Gasteiger partial charge in [-0.1, -0.05) is 11.6 Å². The summed E-state index contributed by atoms with van der Waals surface area (Å²) in [5.74, 6) is -0.628. The maximum atomic E-state index is 13.3. The first kappa shape index (κ1) is 22.3. The zero-order valence-electron chi connectivity index (χ0n) is 17.8. The minimum absolute atomic E-state index is 0.0692. The molecule has 31 heavy (non-hydrogen) atoms. The standard InChI is InChI=1S/C22H30ClFN4O3/c1-15-20(30)27(9-2-8-26-10-7-22(5-6-22)19(29)14-26)11-12-28(15)21(31)25-16-3-4-18(24)17(23)13-16/h3-4,13,15,19,29H,2,5-12,14H2,1H3,(H,25,31)/t15-,19+/m0/s1. The molecule has 0 bridgehead atoms. The number of benzene rings is 1. The number of carbonyl (C=O) groups is 2. The summed E-state index contributed by atoms with van der Waals surface area (Å²) in [6.07, 6.45) is 4.00. The summed E-state index contributed by atoms with van der Waals surface area (Å²) in [5, 5.41) is 12.9. The molecule has 1 aromatic carbocycles. The lowest BCUT2D eigenvalue weighted by Crippen LogP contribution is -2.58. The molecule has 2 saturated heterocycles. The number of rotatable bonds is 5. The van der Waals surface area contributed by atoms with Crippen molar-refractivity contribution in [2.75, 3.05) is 44.6 Å². The van der Waals surface area contributed by atoms with E-state index in [1.165, 1.54) is 23.1 Å². The fourth-order valence-electron chi connectivity index (χ4n) is 4.71. The van der Waals surface area contributed by atoms with Gasteiger partial charge < -0.3 is 25.1 Å². The number of carbonyl (C=O) groups excluding carboxylic acids is 2. The van der Waals surface area contributed by atoms with Gasteiger partial charge in [0.05, 0.1) is 11.1 Å². The molecular formula is C22H30ClFN4O3. The smallest absolute Gasteiger partial charge is 0.322 e. The van der Waals surface area contributed by atoms with E-state index in [-0.39, 0.29) is 22.4 Å². The topological polar surface area (TPSA) is 76.1 Å². The van der Waals surface area contributed by atoms with Crippen LogP contribution in [0, 0.1) is 11.2 Å². The van der Waals surface area contributed by atoms with Crippen molar-refractivity contribution in [3.8, 4) is 0 Å². The predicted octanol–water partition coefficient (Wildman–Crippen LogP) is 2.78. The molecule has 2 atom stereocenters. The van der Waals surface area contributed by atoms with E-state index in [0.29, 0.717) is 25.3 Å². The summed E-state index contributed by atoms with van der Waals surface area (Å²) in [6.45, 7) is 5.88. The minimum Gasteiger partial charge on any atom is -0.391 e. The van der Waals surface area contributed by atoms with E-state index >= 15 is 0 Å². The largest absolute Gasteiger partial charge is 0.391 e. The molecule has 1 aliphatic carbocycles. The lowest BCUT2D eigenvalue weighted by Gasteiger charge is -2.40. The van der Waals surface area contributed by atoms with E-state index in [2.05, 4.69) is 10.2 Å². The van der Waals surface area contributed by atoms with E-state index in [1.807, 2.05) is 4.90 Å². The highest BCUT2D eigenvalue weighted by atomic mass is 35.5. The highest BCUT2D eigenvalue weighted by Crippen LogP contribution is 2.53. The molecule has 0 radical (unpaired) electrons. The van der Waals surface area contributed by atoms with Crippen LogP contribution < -0.4 is 5.32 Å². The third-order valence-corrected chi connectivity index (χ3v) is 7.33. The van der Waals surface area contributed by atoms with Crippen molar-refractivity contribution in [3.05, 3.63) is 29.0 Å². The molecule has 7 nitrogen and oxygen atoms in total. The predicted molar refractivity (Wildman–Crippen MR) is 117 cm³/mol. The Bertz CT molecular complexity index is 850. The first-order valence-electron chi connectivity index (χ1n) is 11.0. The fourth-order valence-corrected chi connectivity index (χ4v) is 4.89. The quantitative estimate of drug-likeness (QED) is 0.720. The molecule has 3 fully saturated rings. The molecule has 1 aromatic rings. The molecule has 170 valence electrons. The van der Waals surface area contributed by atoms with Gasteiger partial charge in [-0.3, -0.25) is 4.79 Å². The van der Waals surface area contributed by atoms with Gasteiger partial charge in [0.2, 0.25) is 5.91 Å². The molecule has 1 saturated carbocycles. The van der Waals surface area contributed by atoms with Crippen LogP contribution in [-0.4, -0.2) is 83.2 Å². The Balaban J connectivity index is 1.23. The van der Waals surface area contributed by atoms with Gasteiger partial charge in [0.25, 0.3) is 0 Å². The molecule has 1 spiro atoms. The van der Waals surface area contributed by atoms with E-state index in [1.54, 1.807) is 6.92 Å². The molecule has 3 amide bonds. The van der Waals surface area contributed by atoms with E-state index in [0.717, 1.165) is 45.3 Å². The maximum absolute atomic E-state index is 13.3. The Morgan fingerprint density at radius 1 is 1.26 bits per heavy atom. The second kappa shape index (κ2) is 8.92. The lowest BCUT2D eigenvalue weighted by molar-refractivity contribution is -0.139. The first-order valence-corrected chi connectivity index (χ1v) is 11.4. The zero-order chi connectivity index (χ0) is 22.2. The third-order valence-electron chi connectivity index (χ3n) is 7.04. The number of β-amino-alcohol motifs (C(OH)–C–C–N with tert-alkyl or cyclic N) is 1. The average molecular weight is 453 g/mol. The van der Waals surface area contributed by atoms with Crippen LogP contribution in [0.2, 0.25) is 5.02 Å². The van der Waals surface area contributed by atoms with Crippen LogP contribution in [0.4, 0.5) is 14.9 Å². The van der Waals surface area contributed by atoms with Crippen molar-refractivity contribution >= 4 is 29.2 Å².